The summed E-state index contributed by atoms with van der Waals surface area (Å²) in [5.74, 6) is 0.767. The minimum absolute atomic E-state index is 0.0792. The number of aryl methyl sites for hydroxylation is 1. The van der Waals surface area contributed by atoms with Crippen molar-refractivity contribution < 1.29 is 8.42 Å². The molecule has 0 aliphatic heterocycles. The molecule has 0 spiro atoms. The number of aliphatic imine (C=N–C) groups is 1. The zero-order chi connectivity index (χ0) is 16.8. The summed E-state index contributed by atoms with van der Waals surface area (Å²) in [6, 6.07) is 1.90. The minimum atomic E-state index is -3.16. The highest BCUT2D eigenvalue weighted by Crippen LogP contribution is 2.14. The van der Waals surface area contributed by atoms with E-state index in [2.05, 4.69) is 15.0 Å². The number of hydrogen-bond acceptors (Lipinski definition) is 3. The van der Waals surface area contributed by atoms with Crippen molar-refractivity contribution in [1.29, 1.82) is 0 Å². The van der Waals surface area contributed by atoms with E-state index < -0.39 is 10.0 Å². The average molecular weight is 350 g/mol. The summed E-state index contributed by atoms with van der Waals surface area (Å²) in [5.41, 5.74) is 1.06. The molecule has 1 aromatic heterocycles. The normalized spacial score (nSPS) is 12.5. The van der Waals surface area contributed by atoms with E-state index in [1.54, 1.807) is 14.0 Å². The molecule has 0 saturated heterocycles. The summed E-state index contributed by atoms with van der Waals surface area (Å²) in [6.45, 7) is 3.03. The topological polar surface area (TPSA) is 78.7 Å². The molecule has 1 aromatic rings. The lowest BCUT2D eigenvalue weighted by atomic mass is 10.4. The van der Waals surface area contributed by atoms with Crippen molar-refractivity contribution in [2.45, 2.75) is 13.5 Å². The van der Waals surface area contributed by atoms with E-state index in [-0.39, 0.29) is 5.75 Å². The maximum absolute atomic E-state index is 11.3. The first kappa shape index (κ1) is 18.8. The molecule has 1 heterocycles. The van der Waals surface area contributed by atoms with Crippen molar-refractivity contribution in [3.8, 4) is 0 Å². The SMILES string of the molecule is CCS(=O)(=O)NCCNC(=NC)N(C)Cc1cc(Cl)cn1C. The zero-order valence-corrected chi connectivity index (χ0v) is 15.0. The lowest BCUT2D eigenvalue weighted by Crippen LogP contribution is -2.42. The van der Waals surface area contributed by atoms with Crippen LogP contribution in [0.3, 0.4) is 0 Å². The van der Waals surface area contributed by atoms with Gasteiger partial charge >= 0.3 is 0 Å². The van der Waals surface area contributed by atoms with E-state index in [1.165, 1.54) is 0 Å². The Labute approximate surface area is 137 Å². The molecule has 0 atom stereocenters. The average Bonchev–Trinajstić information content (AvgIpc) is 2.76. The quantitative estimate of drug-likeness (QED) is 0.430. The summed E-state index contributed by atoms with van der Waals surface area (Å²) in [6.07, 6.45) is 1.85. The summed E-state index contributed by atoms with van der Waals surface area (Å²) in [5, 5.41) is 3.82. The van der Waals surface area contributed by atoms with E-state index in [4.69, 9.17) is 11.6 Å². The summed E-state index contributed by atoms with van der Waals surface area (Å²) >= 11 is 5.97. The Kier molecular flexibility index (Phi) is 7.18. The zero-order valence-electron chi connectivity index (χ0n) is 13.4. The second kappa shape index (κ2) is 8.40. The summed E-state index contributed by atoms with van der Waals surface area (Å²) < 4.78 is 27.1. The van der Waals surface area contributed by atoms with Gasteiger partial charge in [0.15, 0.2) is 5.96 Å². The van der Waals surface area contributed by atoms with Gasteiger partial charge in [-0.2, -0.15) is 0 Å². The molecule has 0 radical (unpaired) electrons. The van der Waals surface area contributed by atoms with Gasteiger partial charge in [0, 0.05) is 46.1 Å². The Morgan fingerprint density at radius 2 is 2.14 bits per heavy atom. The van der Waals surface area contributed by atoms with Crippen molar-refractivity contribution in [2.75, 3.05) is 32.9 Å². The van der Waals surface area contributed by atoms with E-state index >= 15 is 0 Å². The van der Waals surface area contributed by atoms with Crippen LogP contribution < -0.4 is 10.0 Å². The predicted octanol–water partition coefficient (Wildman–Crippen LogP) is 0.625. The van der Waals surface area contributed by atoms with Crippen LogP contribution in [0.1, 0.15) is 12.6 Å². The molecule has 2 N–H and O–H groups in total. The number of nitrogens with zero attached hydrogens (tertiary/aromatic N) is 3. The third kappa shape index (κ3) is 5.86. The van der Waals surface area contributed by atoms with Crippen LogP contribution in [0, 0.1) is 0 Å². The summed E-state index contributed by atoms with van der Waals surface area (Å²) in [4.78, 5) is 6.13. The highest BCUT2D eigenvalue weighted by atomic mass is 35.5. The van der Waals surface area contributed by atoms with Gasteiger partial charge in [-0.15, -0.1) is 0 Å². The number of nitrogens with one attached hydrogen (secondary N) is 2. The number of sulfonamides is 1. The Morgan fingerprint density at radius 1 is 1.45 bits per heavy atom. The van der Waals surface area contributed by atoms with Gasteiger partial charge in [-0.05, 0) is 13.0 Å². The third-order valence-corrected chi connectivity index (χ3v) is 4.77. The molecule has 0 saturated carbocycles. The first-order chi connectivity index (χ1) is 10.3. The van der Waals surface area contributed by atoms with Gasteiger partial charge in [-0.1, -0.05) is 11.6 Å². The van der Waals surface area contributed by atoms with Gasteiger partial charge in [0.1, 0.15) is 0 Å². The largest absolute Gasteiger partial charge is 0.355 e. The molecule has 0 aliphatic carbocycles. The van der Waals surface area contributed by atoms with Crippen LogP contribution in [0.15, 0.2) is 17.3 Å². The Morgan fingerprint density at radius 3 is 2.64 bits per heavy atom. The molecule has 0 amide bonds. The number of halogens is 1. The molecule has 1 rings (SSSR count). The molecule has 9 heteroatoms. The molecular formula is C13H24ClN5O2S. The maximum atomic E-state index is 11.3. The minimum Gasteiger partial charge on any atom is -0.355 e. The third-order valence-electron chi connectivity index (χ3n) is 3.16. The Hall–Kier alpha value is -1.25. The van der Waals surface area contributed by atoms with Crippen LogP contribution >= 0.6 is 11.6 Å². The molecule has 0 fully saturated rings. The predicted molar refractivity (Wildman–Crippen MR) is 90.7 cm³/mol. The number of aromatic nitrogens is 1. The Balaban J connectivity index is 2.49. The molecule has 126 valence electrons. The van der Waals surface area contributed by atoms with Gasteiger partial charge in [0.2, 0.25) is 10.0 Å². The first-order valence-electron chi connectivity index (χ1n) is 6.99. The molecule has 0 aromatic carbocycles. The van der Waals surface area contributed by atoms with Crippen LogP contribution in [0.5, 0.6) is 0 Å². The number of rotatable bonds is 7. The van der Waals surface area contributed by atoms with Gasteiger partial charge in [0.25, 0.3) is 0 Å². The van der Waals surface area contributed by atoms with Crippen LogP contribution in [0.4, 0.5) is 0 Å². The first-order valence-corrected chi connectivity index (χ1v) is 9.02. The fraction of sp³-hybridized carbons (Fsp3) is 0.615. The van der Waals surface area contributed by atoms with E-state index in [9.17, 15) is 8.42 Å². The highest BCUT2D eigenvalue weighted by molar-refractivity contribution is 7.89. The van der Waals surface area contributed by atoms with E-state index in [1.807, 2.05) is 35.8 Å². The standard InChI is InChI=1S/C13H24ClN5O2S/c1-5-22(20,21)17-7-6-16-13(15-2)19(4)10-12-8-11(14)9-18(12)3/h8-9,17H,5-7,10H2,1-4H3,(H,15,16). The highest BCUT2D eigenvalue weighted by Gasteiger charge is 2.10. The molecule has 7 nitrogen and oxygen atoms in total. The lowest BCUT2D eigenvalue weighted by Gasteiger charge is -2.22. The number of hydrogen-bond donors (Lipinski definition) is 2. The van der Waals surface area contributed by atoms with Crippen molar-refractivity contribution in [3.05, 3.63) is 23.0 Å². The second-order valence-electron chi connectivity index (χ2n) is 4.89. The Bertz CT molecular complexity index is 612. The molecule has 0 bridgehead atoms. The second-order valence-corrected chi connectivity index (χ2v) is 7.42. The molecule has 0 aliphatic rings. The summed E-state index contributed by atoms with van der Waals surface area (Å²) in [7, 11) is 2.37. The smallest absolute Gasteiger partial charge is 0.211 e. The van der Waals surface area contributed by atoms with Crippen molar-refractivity contribution in [1.82, 2.24) is 19.5 Å². The van der Waals surface area contributed by atoms with Gasteiger partial charge < -0.3 is 14.8 Å². The number of guanidine groups is 1. The van der Waals surface area contributed by atoms with Crippen molar-refractivity contribution >= 4 is 27.6 Å². The molecule has 0 unspecified atom stereocenters. The van der Waals surface area contributed by atoms with Gasteiger partial charge in [0.05, 0.1) is 17.3 Å². The van der Waals surface area contributed by atoms with Crippen LogP contribution in [-0.2, 0) is 23.6 Å². The maximum Gasteiger partial charge on any atom is 0.211 e. The van der Waals surface area contributed by atoms with E-state index in [0.29, 0.717) is 30.6 Å². The van der Waals surface area contributed by atoms with Crippen LogP contribution in [0.2, 0.25) is 5.02 Å². The fourth-order valence-electron chi connectivity index (χ4n) is 1.91. The van der Waals surface area contributed by atoms with Crippen molar-refractivity contribution in [2.24, 2.45) is 12.0 Å². The molecule has 22 heavy (non-hydrogen) atoms. The van der Waals surface area contributed by atoms with Crippen LogP contribution in [0.25, 0.3) is 0 Å². The van der Waals surface area contributed by atoms with Gasteiger partial charge in [-0.25, -0.2) is 13.1 Å². The van der Waals surface area contributed by atoms with Crippen LogP contribution in [-0.4, -0.2) is 56.8 Å². The van der Waals surface area contributed by atoms with Gasteiger partial charge in [-0.3, -0.25) is 4.99 Å². The lowest BCUT2D eigenvalue weighted by molar-refractivity contribution is 0.462. The van der Waals surface area contributed by atoms with Crippen molar-refractivity contribution in [3.63, 3.8) is 0 Å². The molecular weight excluding hydrogens is 326 g/mol. The monoisotopic (exact) mass is 349 g/mol. The fourth-order valence-corrected chi connectivity index (χ4v) is 2.80. The van der Waals surface area contributed by atoms with E-state index in [0.717, 1.165) is 5.69 Å².